The van der Waals surface area contributed by atoms with Crippen LogP contribution in [0.5, 0.6) is 0 Å². The molecule has 2 amide bonds. The highest BCUT2D eigenvalue weighted by atomic mass is 16.2. The molecule has 0 saturated heterocycles. The summed E-state index contributed by atoms with van der Waals surface area (Å²) >= 11 is 0. The maximum Gasteiger partial charge on any atom is 0.271 e. The molecule has 0 aliphatic heterocycles. The fourth-order valence-electron chi connectivity index (χ4n) is 2.60. The van der Waals surface area contributed by atoms with E-state index in [4.69, 9.17) is 5.26 Å². The van der Waals surface area contributed by atoms with Crippen molar-refractivity contribution in [3.8, 4) is 6.07 Å². The Kier molecular flexibility index (Phi) is 6.13. The van der Waals surface area contributed by atoms with Crippen molar-refractivity contribution in [2.45, 2.75) is 6.92 Å². The highest BCUT2D eigenvalue weighted by Gasteiger charge is 2.09. The zero-order valence-corrected chi connectivity index (χ0v) is 15.7. The molecule has 3 rings (SSSR count). The first-order valence-electron chi connectivity index (χ1n) is 8.87. The first-order valence-corrected chi connectivity index (χ1v) is 8.87. The van der Waals surface area contributed by atoms with Crippen molar-refractivity contribution in [3.63, 3.8) is 0 Å². The van der Waals surface area contributed by atoms with E-state index in [1.54, 1.807) is 54.6 Å². The summed E-state index contributed by atoms with van der Waals surface area (Å²) in [5.41, 5.74) is 6.27. The van der Waals surface area contributed by atoms with Crippen LogP contribution in [-0.2, 0) is 0 Å². The first-order chi connectivity index (χ1) is 14.1. The molecule has 6 heteroatoms. The minimum absolute atomic E-state index is 0.202. The Morgan fingerprint density at radius 2 is 1.62 bits per heavy atom. The number of rotatable bonds is 5. The molecule has 6 nitrogen and oxygen atoms in total. The van der Waals surface area contributed by atoms with Gasteiger partial charge in [-0.2, -0.15) is 10.4 Å². The minimum Gasteiger partial charge on any atom is -0.322 e. The lowest BCUT2D eigenvalue weighted by atomic mass is 10.1. The summed E-state index contributed by atoms with van der Waals surface area (Å²) in [7, 11) is 0. The molecule has 0 bridgehead atoms. The number of aryl methyl sites for hydroxylation is 1. The van der Waals surface area contributed by atoms with E-state index in [1.807, 2.05) is 31.2 Å². The fraction of sp³-hybridized carbons (Fsp3) is 0.0435. The van der Waals surface area contributed by atoms with Crippen molar-refractivity contribution < 1.29 is 9.59 Å². The van der Waals surface area contributed by atoms with E-state index in [-0.39, 0.29) is 11.8 Å². The van der Waals surface area contributed by atoms with E-state index < -0.39 is 0 Å². The molecule has 3 aromatic rings. The predicted octanol–water partition coefficient (Wildman–Crippen LogP) is 3.88. The van der Waals surface area contributed by atoms with Gasteiger partial charge in [-0.15, -0.1) is 0 Å². The number of hydrogen-bond donors (Lipinski definition) is 2. The lowest BCUT2D eigenvalue weighted by Crippen LogP contribution is -2.18. The van der Waals surface area contributed by atoms with E-state index in [1.165, 1.54) is 6.21 Å². The second-order valence-corrected chi connectivity index (χ2v) is 6.28. The van der Waals surface area contributed by atoms with E-state index >= 15 is 0 Å². The summed E-state index contributed by atoms with van der Waals surface area (Å²) in [6, 6.07) is 22.7. The summed E-state index contributed by atoms with van der Waals surface area (Å²) in [5, 5.41) is 15.5. The highest BCUT2D eigenvalue weighted by molar-refractivity contribution is 6.05. The molecule has 29 heavy (non-hydrogen) atoms. The van der Waals surface area contributed by atoms with Gasteiger partial charge in [0, 0.05) is 16.8 Å². The predicted molar refractivity (Wildman–Crippen MR) is 112 cm³/mol. The van der Waals surface area contributed by atoms with Crippen molar-refractivity contribution >= 4 is 23.7 Å². The van der Waals surface area contributed by atoms with Gasteiger partial charge in [0.25, 0.3) is 11.8 Å². The molecule has 2 N–H and O–H groups in total. The molecule has 0 fully saturated rings. The highest BCUT2D eigenvalue weighted by Crippen LogP contribution is 2.13. The van der Waals surface area contributed by atoms with Gasteiger partial charge in [-0.3, -0.25) is 9.59 Å². The Balaban J connectivity index is 1.58. The third kappa shape index (κ3) is 5.15. The molecule has 0 aliphatic carbocycles. The molecule has 0 atom stereocenters. The number of nitriles is 1. The lowest BCUT2D eigenvalue weighted by Gasteiger charge is -2.08. The van der Waals surface area contributed by atoms with Gasteiger partial charge in [0.1, 0.15) is 0 Å². The maximum atomic E-state index is 12.3. The molecule has 0 spiro atoms. The number of nitrogens with one attached hydrogen (secondary N) is 2. The Labute approximate surface area is 168 Å². The normalized spacial score (nSPS) is 10.3. The second-order valence-electron chi connectivity index (χ2n) is 6.28. The maximum absolute atomic E-state index is 12.3. The van der Waals surface area contributed by atoms with E-state index in [0.717, 1.165) is 11.1 Å². The van der Waals surface area contributed by atoms with Crippen molar-refractivity contribution in [1.29, 1.82) is 5.26 Å². The summed E-state index contributed by atoms with van der Waals surface area (Å²) in [6.07, 6.45) is 1.50. The van der Waals surface area contributed by atoms with Gasteiger partial charge < -0.3 is 5.32 Å². The zero-order chi connectivity index (χ0) is 20.6. The van der Waals surface area contributed by atoms with Gasteiger partial charge in [0.2, 0.25) is 0 Å². The van der Waals surface area contributed by atoms with Crippen molar-refractivity contribution in [2.75, 3.05) is 5.32 Å². The van der Waals surface area contributed by atoms with Gasteiger partial charge in [0.05, 0.1) is 17.8 Å². The number of hydrazone groups is 1. The van der Waals surface area contributed by atoms with Crippen LogP contribution in [0.4, 0.5) is 5.69 Å². The van der Waals surface area contributed by atoms with Crippen LogP contribution in [0.15, 0.2) is 77.9 Å². The van der Waals surface area contributed by atoms with Crippen LogP contribution in [0, 0.1) is 18.3 Å². The quantitative estimate of drug-likeness (QED) is 0.518. The number of carbonyl (C=O) groups excluding carboxylic acids is 2. The Hall–Kier alpha value is -4.24. The Morgan fingerprint density at radius 3 is 2.28 bits per heavy atom. The van der Waals surface area contributed by atoms with Crippen LogP contribution in [-0.4, -0.2) is 18.0 Å². The summed E-state index contributed by atoms with van der Waals surface area (Å²) in [4.78, 5) is 24.5. The van der Waals surface area contributed by atoms with Gasteiger partial charge in [-0.25, -0.2) is 5.43 Å². The molecule has 0 aromatic heterocycles. The van der Waals surface area contributed by atoms with Crippen LogP contribution < -0.4 is 10.7 Å². The Bertz CT molecular complexity index is 1090. The molecule has 0 aliphatic rings. The number of amides is 2. The third-order valence-electron chi connectivity index (χ3n) is 4.21. The van der Waals surface area contributed by atoms with Crippen molar-refractivity contribution in [3.05, 3.63) is 101 Å². The number of nitrogens with zero attached hydrogens (tertiary/aromatic N) is 2. The van der Waals surface area contributed by atoms with Crippen molar-refractivity contribution in [1.82, 2.24) is 5.43 Å². The third-order valence-corrected chi connectivity index (χ3v) is 4.21. The summed E-state index contributed by atoms with van der Waals surface area (Å²) in [6.45, 7) is 1.88. The standard InChI is InChI=1S/C23H18N4O2/c1-16-4-2-3-5-21(16)23(29)26-20-12-10-19(11-13-20)22(28)27-25-15-18-8-6-17(14-24)7-9-18/h2-13,15H,1H3,(H,26,29)(H,27,28)/b25-15+. The minimum atomic E-state index is -0.369. The van der Waals surface area contributed by atoms with Crippen LogP contribution in [0.25, 0.3) is 0 Å². The summed E-state index contributed by atoms with van der Waals surface area (Å²) in [5.74, 6) is -0.570. The van der Waals surface area contributed by atoms with E-state index in [0.29, 0.717) is 22.4 Å². The fourth-order valence-corrected chi connectivity index (χ4v) is 2.60. The molecular weight excluding hydrogens is 364 g/mol. The number of anilines is 1. The van der Waals surface area contributed by atoms with Crippen LogP contribution in [0.3, 0.4) is 0 Å². The second kappa shape index (κ2) is 9.11. The lowest BCUT2D eigenvalue weighted by molar-refractivity contribution is 0.0954. The number of benzene rings is 3. The number of hydrogen-bond acceptors (Lipinski definition) is 4. The zero-order valence-electron chi connectivity index (χ0n) is 15.7. The van der Waals surface area contributed by atoms with E-state index in [2.05, 4.69) is 15.8 Å². The molecular formula is C23H18N4O2. The monoisotopic (exact) mass is 382 g/mol. The smallest absolute Gasteiger partial charge is 0.271 e. The van der Waals surface area contributed by atoms with Crippen molar-refractivity contribution in [2.24, 2.45) is 5.10 Å². The molecule has 142 valence electrons. The molecule has 0 heterocycles. The van der Waals surface area contributed by atoms with E-state index in [9.17, 15) is 9.59 Å². The SMILES string of the molecule is Cc1ccccc1C(=O)Nc1ccc(C(=O)N/N=C/c2ccc(C#N)cc2)cc1. The van der Waals surface area contributed by atoms with Gasteiger partial charge in [0.15, 0.2) is 0 Å². The molecule has 0 unspecified atom stereocenters. The molecule has 0 radical (unpaired) electrons. The van der Waals surface area contributed by atoms with Crippen LogP contribution >= 0.6 is 0 Å². The van der Waals surface area contributed by atoms with Gasteiger partial charge in [-0.05, 0) is 60.5 Å². The number of carbonyl (C=O) groups is 2. The average molecular weight is 382 g/mol. The molecule has 3 aromatic carbocycles. The van der Waals surface area contributed by atoms with Gasteiger partial charge >= 0.3 is 0 Å². The topological polar surface area (TPSA) is 94.3 Å². The first kappa shape index (κ1) is 19.5. The summed E-state index contributed by atoms with van der Waals surface area (Å²) < 4.78 is 0. The molecule has 0 saturated carbocycles. The average Bonchev–Trinajstić information content (AvgIpc) is 2.75. The Morgan fingerprint density at radius 1 is 0.931 bits per heavy atom. The van der Waals surface area contributed by atoms with Crippen LogP contribution in [0.2, 0.25) is 0 Å². The largest absolute Gasteiger partial charge is 0.322 e. The van der Waals surface area contributed by atoms with Crippen LogP contribution in [0.1, 0.15) is 37.4 Å². The van der Waals surface area contributed by atoms with Gasteiger partial charge in [-0.1, -0.05) is 30.3 Å².